The number of nitrogens with one attached hydrogen (secondary N) is 2. The fourth-order valence-electron chi connectivity index (χ4n) is 1.64. The van der Waals surface area contributed by atoms with E-state index in [2.05, 4.69) is 10.0 Å². The number of benzene rings is 1. The van der Waals surface area contributed by atoms with Gasteiger partial charge in [-0.2, -0.15) is 0 Å². The Bertz CT molecular complexity index is 526. The Labute approximate surface area is 119 Å². The monoisotopic (exact) mass is 299 g/mol. The number of unbranched alkanes of at least 4 members (excludes halogenated alkanes) is 1. The van der Waals surface area contributed by atoms with Crippen LogP contribution in [0.25, 0.3) is 0 Å². The van der Waals surface area contributed by atoms with Crippen molar-refractivity contribution in [2.45, 2.75) is 31.1 Å². The summed E-state index contributed by atoms with van der Waals surface area (Å²) in [6.45, 7) is 2.62. The van der Waals surface area contributed by atoms with Gasteiger partial charge in [0.2, 0.25) is 15.9 Å². The quantitative estimate of drug-likeness (QED) is 0.624. The maximum atomic E-state index is 11.7. The molecule has 0 fully saturated rings. The summed E-state index contributed by atoms with van der Waals surface area (Å²) in [5.74, 6) is -0.0965. The first-order chi connectivity index (χ1) is 9.49. The van der Waals surface area contributed by atoms with E-state index in [1.54, 1.807) is 19.1 Å². The summed E-state index contributed by atoms with van der Waals surface area (Å²) in [7, 11) is -3.45. The number of rotatable bonds is 8. The van der Waals surface area contributed by atoms with Gasteiger partial charge >= 0.3 is 0 Å². The van der Waals surface area contributed by atoms with E-state index in [-0.39, 0.29) is 10.8 Å². The molecule has 0 unspecified atom stereocenters. The first-order valence-electron chi connectivity index (χ1n) is 6.59. The van der Waals surface area contributed by atoms with Crippen molar-refractivity contribution in [3.05, 3.63) is 24.3 Å². The van der Waals surface area contributed by atoms with Crippen LogP contribution in [0.5, 0.6) is 0 Å². The van der Waals surface area contributed by atoms with Crippen molar-refractivity contribution >= 4 is 21.6 Å². The first-order valence-corrected chi connectivity index (χ1v) is 8.07. The van der Waals surface area contributed by atoms with E-state index in [0.29, 0.717) is 25.2 Å². The van der Waals surface area contributed by atoms with E-state index >= 15 is 0 Å². The molecule has 1 rings (SSSR count). The van der Waals surface area contributed by atoms with Crippen LogP contribution in [0.3, 0.4) is 0 Å². The van der Waals surface area contributed by atoms with Crippen LogP contribution in [0.4, 0.5) is 5.69 Å². The molecule has 0 heterocycles. The molecule has 0 aliphatic rings. The van der Waals surface area contributed by atoms with Gasteiger partial charge < -0.3 is 11.1 Å². The molecule has 112 valence electrons. The lowest BCUT2D eigenvalue weighted by molar-refractivity contribution is -0.116. The summed E-state index contributed by atoms with van der Waals surface area (Å²) in [5, 5.41) is 2.72. The first kappa shape index (κ1) is 16.6. The average Bonchev–Trinajstić information content (AvgIpc) is 2.39. The lowest BCUT2D eigenvalue weighted by atomic mass is 10.2. The molecule has 4 N–H and O–H groups in total. The molecule has 0 atom stereocenters. The maximum absolute atomic E-state index is 11.7. The van der Waals surface area contributed by atoms with E-state index in [1.165, 1.54) is 12.1 Å². The molecular formula is C13H21N3O3S. The summed E-state index contributed by atoms with van der Waals surface area (Å²) in [6.07, 6.45) is 1.97. The second-order valence-electron chi connectivity index (χ2n) is 4.32. The molecule has 0 saturated carbocycles. The van der Waals surface area contributed by atoms with Crippen molar-refractivity contribution in [3.8, 4) is 0 Å². The Morgan fingerprint density at radius 2 is 1.85 bits per heavy atom. The van der Waals surface area contributed by atoms with Crippen molar-refractivity contribution in [1.29, 1.82) is 0 Å². The summed E-state index contributed by atoms with van der Waals surface area (Å²) in [4.78, 5) is 11.8. The highest BCUT2D eigenvalue weighted by Gasteiger charge is 2.12. The molecule has 7 heteroatoms. The standard InChI is InChI=1S/C13H21N3O3S/c1-2-15-20(18,19)12-8-6-11(7-9-12)16-13(17)5-3-4-10-14/h6-9,15H,2-5,10,14H2,1H3,(H,16,17). The van der Waals surface area contributed by atoms with E-state index in [1.807, 2.05) is 0 Å². The smallest absolute Gasteiger partial charge is 0.240 e. The second kappa shape index (κ2) is 7.98. The van der Waals surface area contributed by atoms with Gasteiger partial charge in [-0.25, -0.2) is 13.1 Å². The zero-order chi connectivity index (χ0) is 15.0. The molecule has 0 radical (unpaired) electrons. The van der Waals surface area contributed by atoms with Gasteiger partial charge in [0, 0.05) is 18.7 Å². The number of carbonyl (C=O) groups excluding carboxylic acids is 1. The van der Waals surface area contributed by atoms with Crippen LogP contribution in [0, 0.1) is 0 Å². The van der Waals surface area contributed by atoms with Gasteiger partial charge in [-0.1, -0.05) is 6.92 Å². The lowest BCUT2D eigenvalue weighted by Gasteiger charge is -2.07. The minimum atomic E-state index is -3.45. The molecule has 1 amide bonds. The third-order valence-electron chi connectivity index (χ3n) is 2.64. The van der Waals surface area contributed by atoms with Crippen molar-refractivity contribution in [2.24, 2.45) is 5.73 Å². The minimum absolute atomic E-state index is 0.0965. The molecule has 0 aromatic heterocycles. The predicted molar refractivity (Wildman–Crippen MR) is 78.8 cm³/mol. The van der Waals surface area contributed by atoms with Gasteiger partial charge in [0.15, 0.2) is 0 Å². The minimum Gasteiger partial charge on any atom is -0.330 e. The van der Waals surface area contributed by atoms with Crippen molar-refractivity contribution in [3.63, 3.8) is 0 Å². The predicted octanol–water partition coefficient (Wildman–Crippen LogP) is 1.05. The molecule has 6 nitrogen and oxygen atoms in total. The summed E-state index contributed by atoms with van der Waals surface area (Å²) in [5.41, 5.74) is 5.94. The Morgan fingerprint density at radius 3 is 2.40 bits per heavy atom. The number of hydrogen-bond acceptors (Lipinski definition) is 4. The zero-order valence-corrected chi connectivity index (χ0v) is 12.4. The van der Waals surface area contributed by atoms with Crippen LogP contribution >= 0.6 is 0 Å². The molecular weight excluding hydrogens is 278 g/mol. The highest BCUT2D eigenvalue weighted by molar-refractivity contribution is 7.89. The number of hydrogen-bond donors (Lipinski definition) is 3. The summed E-state index contributed by atoms with van der Waals surface area (Å²) >= 11 is 0. The van der Waals surface area contributed by atoms with Crippen LogP contribution in [0.2, 0.25) is 0 Å². The maximum Gasteiger partial charge on any atom is 0.240 e. The second-order valence-corrected chi connectivity index (χ2v) is 6.09. The SMILES string of the molecule is CCNS(=O)(=O)c1ccc(NC(=O)CCCCN)cc1. The lowest BCUT2D eigenvalue weighted by Crippen LogP contribution is -2.23. The van der Waals surface area contributed by atoms with Crippen LogP contribution in [-0.4, -0.2) is 27.4 Å². The van der Waals surface area contributed by atoms with Crippen LogP contribution in [0.15, 0.2) is 29.2 Å². The molecule has 1 aromatic rings. The number of carbonyl (C=O) groups is 1. The number of amides is 1. The van der Waals surface area contributed by atoms with E-state index in [9.17, 15) is 13.2 Å². The number of nitrogens with two attached hydrogens (primary N) is 1. The number of anilines is 1. The van der Waals surface area contributed by atoms with Crippen molar-refractivity contribution < 1.29 is 13.2 Å². The van der Waals surface area contributed by atoms with E-state index in [0.717, 1.165) is 12.8 Å². The van der Waals surface area contributed by atoms with Crippen molar-refractivity contribution in [2.75, 3.05) is 18.4 Å². The third kappa shape index (κ3) is 5.28. The topological polar surface area (TPSA) is 101 Å². The van der Waals surface area contributed by atoms with Crippen LogP contribution < -0.4 is 15.8 Å². The fraction of sp³-hybridized carbons (Fsp3) is 0.462. The van der Waals surface area contributed by atoms with Crippen LogP contribution in [-0.2, 0) is 14.8 Å². The third-order valence-corrected chi connectivity index (χ3v) is 4.20. The summed E-state index contributed by atoms with van der Waals surface area (Å²) < 4.78 is 25.9. The molecule has 20 heavy (non-hydrogen) atoms. The average molecular weight is 299 g/mol. The molecule has 0 spiro atoms. The van der Waals surface area contributed by atoms with Crippen molar-refractivity contribution in [1.82, 2.24) is 4.72 Å². The zero-order valence-electron chi connectivity index (χ0n) is 11.6. The molecule has 0 aliphatic heterocycles. The van der Waals surface area contributed by atoms with Gasteiger partial charge in [0.05, 0.1) is 4.90 Å². The largest absolute Gasteiger partial charge is 0.330 e. The highest BCUT2D eigenvalue weighted by atomic mass is 32.2. The van der Waals surface area contributed by atoms with Gasteiger partial charge in [0.1, 0.15) is 0 Å². The van der Waals surface area contributed by atoms with Gasteiger partial charge in [-0.05, 0) is 43.7 Å². The highest BCUT2D eigenvalue weighted by Crippen LogP contribution is 2.14. The Kier molecular flexibility index (Phi) is 6.63. The Balaban J connectivity index is 2.61. The molecule has 1 aromatic carbocycles. The normalized spacial score (nSPS) is 11.3. The fourth-order valence-corrected chi connectivity index (χ4v) is 2.69. The number of sulfonamides is 1. The molecule has 0 bridgehead atoms. The van der Waals surface area contributed by atoms with Gasteiger partial charge in [-0.3, -0.25) is 4.79 Å². The van der Waals surface area contributed by atoms with E-state index < -0.39 is 10.0 Å². The Morgan fingerprint density at radius 1 is 1.20 bits per heavy atom. The molecule has 0 saturated heterocycles. The van der Waals surface area contributed by atoms with Gasteiger partial charge in [-0.15, -0.1) is 0 Å². The van der Waals surface area contributed by atoms with Gasteiger partial charge in [0.25, 0.3) is 0 Å². The van der Waals surface area contributed by atoms with E-state index in [4.69, 9.17) is 5.73 Å². The molecule has 0 aliphatic carbocycles. The summed E-state index contributed by atoms with van der Waals surface area (Å²) in [6, 6.07) is 6.08. The Hall–Kier alpha value is -1.44. The van der Waals surface area contributed by atoms with Crippen LogP contribution in [0.1, 0.15) is 26.2 Å².